The average molecular weight is 587 g/mol. The van der Waals surface area contributed by atoms with Crippen LogP contribution in [0.1, 0.15) is 60.3 Å². The third-order valence-electron chi connectivity index (χ3n) is 7.19. The van der Waals surface area contributed by atoms with Crippen molar-refractivity contribution in [2.75, 3.05) is 86.1 Å². The molecular weight excluding hydrogens is 536 g/mol. The number of hydrogen-bond acceptors (Lipinski definition) is 10. The highest BCUT2D eigenvalue weighted by atomic mass is 16.5. The zero-order chi connectivity index (χ0) is 30.0. The number of methoxy groups -OCH3 is 1. The molecule has 0 bridgehead atoms. The van der Waals surface area contributed by atoms with Crippen LogP contribution in [0, 0.1) is 12.8 Å². The van der Waals surface area contributed by atoms with Gasteiger partial charge < -0.3 is 23.7 Å². The molecule has 1 aliphatic rings. The second kappa shape index (κ2) is 19.7. The summed E-state index contributed by atoms with van der Waals surface area (Å²) >= 11 is 0. The lowest BCUT2D eigenvalue weighted by molar-refractivity contribution is 0.000106. The summed E-state index contributed by atoms with van der Waals surface area (Å²) in [4.78, 5) is 25.9. The zero-order valence-electron chi connectivity index (χ0n) is 26.0. The molecule has 1 saturated heterocycles. The fourth-order valence-electron chi connectivity index (χ4n) is 4.86. The molecule has 0 aromatic carbocycles. The lowest BCUT2D eigenvalue weighted by atomic mass is 9.99. The molecule has 10 heteroatoms. The largest absolute Gasteiger partial charge is 0.464 e. The van der Waals surface area contributed by atoms with E-state index in [2.05, 4.69) is 40.8 Å². The molecule has 234 valence electrons. The maximum absolute atomic E-state index is 11.9. The highest BCUT2D eigenvalue weighted by Crippen LogP contribution is 2.26. The van der Waals surface area contributed by atoms with Crippen molar-refractivity contribution in [3.63, 3.8) is 0 Å². The molecule has 42 heavy (non-hydrogen) atoms. The van der Waals surface area contributed by atoms with Crippen LogP contribution in [-0.2, 0) is 30.2 Å². The van der Waals surface area contributed by atoms with E-state index in [-0.39, 0.29) is 6.04 Å². The van der Waals surface area contributed by atoms with Gasteiger partial charge in [0.2, 0.25) is 0 Å². The van der Waals surface area contributed by atoms with Gasteiger partial charge in [-0.2, -0.15) is 0 Å². The fraction of sp³-hybridized carbons (Fsp3) is 0.656. The average Bonchev–Trinajstić information content (AvgIpc) is 2.98. The molecular formula is C32H50N4O6. The van der Waals surface area contributed by atoms with E-state index in [0.29, 0.717) is 84.1 Å². The van der Waals surface area contributed by atoms with E-state index in [0.717, 1.165) is 43.0 Å². The molecule has 0 radical (unpaired) electrons. The van der Waals surface area contributed by atoms with Gasteiger partial charge in [-0.1, -0.05) is 26.0 Å². The Labute approximate surface area is 251 Å². The summed E-state index contributed by atoms with van der Waals surface area (Å²) in [6.07, 6.45) is 2.17. The van der Waals surface area contributed by atoms with Gasteiger partial charge in [0.1, 0.15) is 5.69 Å². The monoisotopic (exact) mass is 586 g/mol. The minimum atomic E-state index is -0.441. The molecule has 0 spiro atoms. The van der Waals surface area contributed by atoms with Crippen molar-refractivity contribution in [1.82, 2.24) is 19.8 Å². The first-order valence-corrected chi connectivity index (χ1v) is 15.2. The zero-order valence-corrected chi connectivity index (χ0v) is 26.0. The maximum Gasteiger partial charge on any atom is 0.356 e. The van der Waals surface area contributed by atoms with Crippen LogP contribution in [-0.4, -0.2) is 112 Å². The molecule has 3 rings (SSSR count). The van der Waals surface area contributed by atoms with Crippen molar-refractivity contribution >= 4 is 5.97 Å². The standard InChI is InChI=1S/C32H50N4O6/c1-26(2)11-12-31(29-9-5-7-27(3)33-29)36-15-19-41-23-21-39-17-13-35(14-18-40-22-24-42-20-16-36)25-28-8-6-10-30(34-28)32(37)38-4/h5-10,26,31H,11-25H2,1-4H3. The van der Waals surface area contributed by atoms with E-state index < -0.39 is 5.97 Å². The number of aryl methyl sites for hydroxylation is 1. The topological polar surface area (TPSA) is 95.5 Å². The summed E-state index contributed by atoms with van der Waals surface area (Å²) in [6, 6.07) is 11.9. The van der Waals surface area contributed by atoms with E-state index in [1.165, 1.54) is 7.11 Å². The highest BCUT2D eigenvalue weighted by molar-refractivity contribution is 5.87. The normalized spacial score (nSPS) is 18.7. The maximum atomic E-state index is 11.9. The van der Waals surface area contributed by atoms with Crippen LogP contribution >= 0.6 is 0 Å². The van der Waals surface area contributed by atoms with Crippen molar-refractivity contribution in [3.8, 4) is 0 Å². The first kappa shape index (κ1) is 34.0. The van der Waals surface area contributed by atoms with Gasteiger partial charge in [0.05, 0.1) is 77.4 Å². The van der Waals surface area contributed by atoms with E-state index in [9.17, 15) is 4.79 Å². The molecule has 3 heterocycles. The van der Waals surface area contributed by atoms with Crippen molar-refractivity contribution in [3.05, 3.63) is 59.2 Å². The molecule has 0 aliphatic carbocycles. The number of carbonyl (C=O) groups excluding carboxylic acids is 1. The molecule has 10 nitrogen and oxygen atoms in total. The number of rotatable bonds is 8. The summed E-state index contributed by atoms with van der Waals surface area (Å²) in [5.41, 5.74) is 3.25. The molecule has 1 aliphatic heterocycles. The Balaban J connectivity index is 1.56. The van der Waals surface area contributed by atoms with Crippen LogP contribution in [0.25, 0.3) is 0 Å². The van der Waals surface area contributed by atoms with Gasteiger partial charge >= 0.3 is 5.97 Å². The first-order valence-electron chi connectivity index (χ1n) is 15.2. The molecule has 1 fully saturated rings. The second-order valence-corrected chi connectivity index (χ2v) is 11.0. The predicted octanol–water partition coefficient (Wildman–Crippen LogP) is 3.93. The number of ether oxygens (including phenoxy) is 5. The minimum Gasteiger partial charge on any atom is -0.464 e. The highest BCUT2D eigenvalue weighted by Gasteiger charge is 2.22. The number of aromatic nitrogens is 2. The Morgan fingerprint density at radius 2 is 1.40 bits per heavy atom. The van der Waals surface area contributed by atoms with E-state index in [1.54, 1.807) is 6.07 Å². The summed E-state index contributed by atoms with van der Waals surface area (Å²) < 4.78 is 28.6. The third-order valence-corrected chi connectivity index (χ3v) is 7.19. The number of esters is 1. The van der Waals surface area contributed by atoms with Crippen LogP contribution in [0.3, 0.4) is 0 Å². The van der Waals surface area contributed by atoms with Crippen LogP contribution < -0.4 is 0 Å². The predicted molar refractivity (Wildman–Crippen MR) is 161 cm³/mol. The van der Waals surface area contributed by atoms with E-state index in [4.69, 9.17) is 28.7 Å². The van der Waals surface area contributed by atoms with Gasteiger partial charge in [0, 0.05) is 38.4 Å². The fourth-order valence-corrected chi connectivity index (χ4v) is 4.86. The molecule has 0 saturated carbocycles. The summed E-state index contributed by atoms with van der Waals surface area (Å²) in [5, 5.41) is 0. The van der Waals surface area contributed by atoms with Gasteiger partial charge in [-0.05, 0) is 49.9 Å². The molecule has 1 unspecified atom stereocenters. The van der Waals surface area contributed by atoms with E-state index in [1.807, 2.05) is 25.1 Å². The number of carbonyl (C=O) groups is 1. The lowest BCUT2D eigenvalue weighted by Gasteiger charge is -2.32. The number of hydrogen-bond donors (Lipinski definition) is 0. The van der Waals surface area contributed by atoms with Crippen molar-refractivity contribution in [1.29, 1.82) is 0 Å². The lowest BCUT2D eigenvalue weighted by Crippen LogP contribution is -2.36. The van der Waals surface area contributed by atoms with Gasteiger partial charge in [0.15, 0.2) is 0 Å². The van der Waals surface area contributed by atoms with Crippen molar-refractivity contribution in [2.24, 2.45) is 5.92 Å². The third kappa shape index (κ3) is 12.8. The molecule has 0 N–H and O–H groups in total. The molecule has 2 aromatic rings. The van der Waals surface area contributed by atoms with Crippen LogP contribution in [0.5, 0.6) is 0 Å². The summed E-state index contributed by atoms with van der Waals surface area (Å²) in [5.74, 6) is 0.181. The molecule has 2 aromatic heterocycles. The first-order chi connectivity index (χ1) is 20.5. The Bertz CT molecular complexity index is 1020. The van der Waals surface area contributed by atoms with Crippen LogP contribution in [0.4, 0.5) is 0 Å². The van der Waals surface area contributed by atoms with Crippen LogP contribution in [0.15, 0.2) is 36.4 Å². The van der Waals surface area contributed by atoms with Crippen molar-refractivity contribution in [2.45, 2.75) is 46.2 Å². The summed E-state index contributed by atoms with van der Waals surface area (Å²) in [6.45, 7) is 14.7. The minimum absolute atomic E-state index is 0.214. The Kier molecular flexibility index (Phi) is 15.9. The Morgan fingerprint density at radius 1 is 0.810 bits per heavy atom. The number of nitrogens with zero attached hydrogens (tertiary/aromatic N) is 4. The van der Waals surface area contributed by atoms with Gasteiger partial charge in [-0.15, -0.1) is 0 Å². The van der Waals surface area contributed by atoms with Crippen molar-refractivity contribution < 1.29 is 28.5 Å². The molecule has 0 amide bonds. The quantitative estimate of drug-likeness (QED) is 0.424. The smallest absolute Gasteiger partial charge is 0.356 e. The van der Waals surface area contributed by atoms with Gasteiger partial charge in [-0.3, -0.25) is 14.8 Å². The number of pyridine rings is 2. The second-order valence-electron chi connectivity index (χ2n) is 11.0. The Hall–Kier alpha value is -2.47. The molecule has 1 atom stereocenters. The van der Waals surface area contributed by atoms with Crippen LogP contribution in [0.2, 0.25) is 0 Å². The SMILES string of the molecule is COC(=O)c1cccc(CN2CCOCCOCCN(C(CCC(C)C)c3cccc(C)n3)CCOCCOCC2)n1. The Morgan fingerprint density at radius 3 is 1.98 bits per heavy atom. The summed E-state index contributed by atoms with van der Waals surface area (Å²) in [7, 11) is 1.36. The van der Waals surface area contributed by atoms with Gasteiger partial charge in [-0.25, -0.2) is 9.78 Å². The van der Waals surface area contributed by atoms with Gasteiger partial charge in [0.25, 0.3) is 0 Å². The van der Waals surface area contributed by atoms with E-state index >= 15 is 0 Å².